The van der Waals surface area contributed by atoms with E-state index in [9.17, 15) is 4.39 Å². The number of likely N-dealkylation sites (N-methyl/N-ethyl adjacent to an activating group) is 1. The molecule has 0 heterocycles. The van der Waals surface area contributed by atoms with Crippen LogP contribution < -0.4 is 5.32 Å². The first-order chi connectivity index (χ1) is 4.57. The Labute approximate surface area is 59.4 Å². The second-order valence-electron chi connectivity index (χ2n) is 1.70. The zero-order chi connectivity index (χ0) is 8.15. The lowest BCUT2D eigenvalue weighted by Gasteiger charge is -2.01. The maximum absolute atomic E-state index is 12.0. The molecule has 0 unspecified atom stereocenters. The molecular weight excluding hydrogens is 133 g/mol. The van der Waals surface area contributed by atoms with Gasteiger partial charge in [-0.25, -0.2) is 4.39 Å². The standard InChI is InChI=1S/C7H10FNO/c1-5(8)4-7(9-3)6(2)10/h4,9-10H,1-2H2,3H3/b7-4+. The Balaban J connectivity index is 4.34. The van der Waals surface area contributed by atoms with Crippen LogP contribution in [0.1, 0.15) is 0 Å². The molecule has 0 aromatic rings. The number of aliphatic hydroxyl groups is 1. The topological polar surface area (TPSA) is 32.3 Å². The van der Waals surface area contributed by atoms with Crippen molar-refractivity contribution in [2.45, 2.75) is 0 Å². The van der Waals surface area contributed by atoms with Crippen molar-refractivity contribution in [1.29, 1.82) is 0 Å². The summed E-state index contributed by atoms with van der Waals surface area (Å²) in [5, 5.41) is 11.3. The third kappa shape index (κ3) is 2.91. The predicted octanol–water partition coefficient (Wildman–Crippen LogP) is 1.64. The second-order valence-corrected chi connectivity index (χ2v) is 1.70. The summed E-state index contributed by atoms with van der Waals surface area (Å²) in [4.78, 5) is 0. The van der Waals surface area contributed by atoms with Crippen LogP contribution in [0, 0.1) is 0 Å². The van der Waals surface area contributed by atoms with Gasteiger partial charge in [-0.05, 0) is 0 Å². The molecule has 2 nitrogen and oxygen atoms in total. The van der Waals surface area contributed by atoms with Crippen molar-refractivity contribution >= 4 is 0 Å². The highest BCUT2D eigenvalue weighted by molar-refractivity contribution is 5.26. The predicted molar refractivity (Wildman–Crippen MR) is 39.2 cm³/mol. The van der Waals surface area contributed by atoms with E-state index >= 15 is 0 Å². The van der Waals surface area contributed by atoms with Gasteiger partial charge in [-0.15, -0.1) is 0 Å². The quantitative estimate of drug-likeness (QED) is 0.465. The largest absolute Gasteiger partial charge is 0.506 e. The Bertz CT molecular complexity index is 184. The van der Waals surface area contributed by atoms with E-state index in [0.29, 0.717) is 0 Å². The van der Waals surface area contributed by atoms with E-state index in [-0.39, 0.29) is 11.5 Å². The van der Waals surface area contributed by atoms with Crippen molar-refractivity contribution < 1.29 is 9.50 Å². The third-order valence-electron chi connectivity index (χ3n) is 0.881. The van der Waals surface area contributed by atoms with Crippen LogP contribution in [0.15, 0.2) is 36.5 Å². The van der Waals surface area contributed by atoms with E-state index in [4.69, 9.17) is 5.11 Å². The lowest BCUT2D eigenvalue weighted by atomic mass is 10.3. The van der Waals surface area contributed by atoms with Crippen molar-refractivity contribution in [2.24, 2.45) is 0 Å². The van der Waals surface area contributed by atoms with E-state index < -0.39 is 5.83 Å². The molecule has 10 heavy (non-hydrogen) atoms. The number of hydrogen-bond donors (Lipinski definition) is 2. The molecule has 0 amide bonds. The van der Waals surface area contributed by atoms with Crippen LogP contribution in [0.2, 0.25) is 0 Å². The summed E-state index contributed by atoms with van der Waals surface area (Å²) in [7, 11) is 1.55. The van der Waals surface area contributed by atoms with Crippen LogP contribution in [-0.4, -0.2) is 12.2 Å². The summed E-state index contributed by atoms with van der Waals surface area (Å²) in [5.74, 6) is -0.833. The lowest BCUT2D eigenvalue weighted by Crippen LogP contribution is -2.07. The molecule has 0 bridgehead atoms. The molecule has 0 fully saturated rings. The van der Waals surface area contributed by atoms with Gasteiger partial charge in [0.15, 0.2) is 0 Å². The second kappa shape index (κ2) is 3.71. The number of hydrogen-bond acceptors (Lipinski definition) is 2. The fourth-order valence-electron chi connectivity index (χ4n) is 0.456. The first-order valence-electron chi connectivity index (χ1n) is 2.70. The molecule has 0 aliphatic heterocycles. The van der Waals surface area contributed by atoms with Crippen molar-refractivity contribution in [3.8, 4) is 0 Å². The van der Waals surface area contributed by atoms with E-state index in [1.54, 1.807) is 7.05 Å². The van der Waals surface area contributed by atoms with Gasteiger partial charge >= 0.3 is 0 Å². The first-order valence-corrected chi connectivity index (χ1v) is 2.70. The van der Waals surface area contributed by atoms with Gasteiger partial charge in [-0.1, -0.05) is 13.2 Å². The van der Waals surface area contributed by atoms with Crippen LogP contribution in [0.25, 0.3) is 0 Å². The Morgan fingerprint density at radius 1 is 1.60 bits per heavy atom. The average molecular weight is 143 g/mol. The summed E-state index contributed by atoms with van der Waals surface area (Å²) in [6.07, 6.45) is 1.06. The zero-order valence-corrected chi connectivity index (χ0v) is 5.82. The zero-order valence-electron chi connectivity index (χ0n) is 5.82. The minimum Gasteiger partial charge on any atom is -0.506 e. The summed E-state index contributed by atoms with van der Waals surface area (Å²) in [6, 6.07) is 0. The Kier molecular flexibility index (Phi) is 3.25. The highest BCUT2D eigenvalue weighted by Crippen LogP contribution is 2.03. The number of halogens is 1. The molecule has 0 saturated heterocycles. The van der Waals surface area contributed by atoms with Crippen molar-refractivity contribution in [1.82, 2.24) is 5.32 Å². The first kappa shape index (κ1) is 8.75. The highest BCUT2D eigenvalue weighted by Gasteiger charge is 1.96. The van der Waals surface area contributed by atoms with E-state index in [2.05, 4.69) is 18.5 Å². The Hall–Kier alpha value is -1.25. The molecule has 0 saturated carbocycles. The average Bonchev–Trinajstić information content (AvgIpc) is 1.81. The molecule has 0 aliphatic rings. The molecule has 0 aromatic heterocycles. The molecule has 2 N–H and O–H groups in total. The van der Waals surface area contributed by atoms with Crippen LogP contribution in [0.4, 0.5) is 4.39 Å². The molecule has 3 heteroatoms. The van der Waals surface area contributed by atoms with Gasteiger partial charge in [-0.2, -0.15) is 0 Å². The molecule has 0 spiro atoms. The molecule has 56 valence electrons. The number of nitrogens with one attached hydrogen (secondary N) is 1. The molecule has 0 radical (unpaired) electrons. The van der Waals surface area contributed by atoms with Crippen molar-refractivity contribution in [3.63, 3.8) is 0 Å². The Morgan fingerprint density at radius 3 is 2.20 bits per heavy atom. The lowest BCUT2D eigenvalue weighted by molar-refractivity contribution is 0.418. The fourth-order valence-corrected chi connectivity index (χ4v) is 0.456. The molecular formula is C7H10FNO. The van der Waals surface area contributed by atoms with E-state index in [0.717, 1.165) is 6.08 Å². The summed E-state index contributed by atoms with van der Waals surface area (Å²) >= 11 is 0. The summed E-state index contributed by atoms with van der Waals surface area (Å²) < 4.78 is 12.0. The van der Waals surface area contributed by atoms with Gasteiger partial charge in [0.1, 0.15) is 11.6 Å². The van der Waals surface area contributed by atoms with E-state index in [1.165, 1.54) is 0 Å². The SMILES string of the molecule is C=C(F)/C=C(/NC)C(=C)O. The van der Waals surface area contributed by atoms with Crippen LogP contribution >= 0.6 is 0 Å². The van der Waals surface area contributed by atoms with Gasteiger partial charge in [0.2, 0.25) is 0 Å². The fraction of sp³-hybridized carbons (Fsp3) is 0.143. The summed E-state index contributed by atoms with van der Waals surface area (Å²) in [5.41, 5.74) is 0.229. The van der Waals surface area contributed by atoms with Crippen LogP contribution in [-0.2, 0) is 0 Å². The minimum atomic E-state index is -0.625. The monoisotopic (exact) mass is 143 g/mol. The van der Waals surface area contributed by atoms with Crippen LogP contribution in [0.5, 0.6) is 0 Å². The Morgan fingerprint density at radius 2 is 2.10 bits per heavy atom. The molecule has 0 aliphatic carbocycles. The molecule has 0 atom stereocenters. The van der Waals surface area contributed by atoms with E-state index in [1.807, 2.05) is 0 Å². The smallest absolute Gasteiger partial charge is 0.131 e. The third-order valence-corrected chi connectivity index (χ3v) is 0.881. The highest BCUT2D eigenvalue weighted by atomic mass is 19.1. The molecule has 0 rings (SSSR count). The van der Waals surface area contributed by atoms with Gasteiger partial charge < -0.3 is 10.4 Å². The summed E-state index contributed by atoms with van der Waals surface area (Å²) in [6.45, 7) is 6.19. The van der Waals surface area contributed by atoms with Crippen LogP contribution in [0.3, 0.4) is 0 Å². The normalized spacial score (nSPS) is 10.8. The maximum Gasteiger partial charge on any atom is 0.131 e. The minimum absolute atomic E-state index is 0.207. The van der Waals surface area contributed by atoms with Gasteiger partial charge in [0.25, 0.3) is 0 Å². The number of rotatable bonds is 3. The van der Waals surface area contributed by atoms with Gasteiger partial charge in [0, 0.05) is 13.1 Å². The maximum atomic E-state index is 12.0. The molecule has 0 aromatic carbocycles. The van der Waals surface area contributed by atoms with Crippen molar-refractivity contribution in [2.75, 3.05) is 7.05 Å². The van der Waals surface area contributed by atoms with Gasteiger partial charge in [0.05, 0.1) is 5.70 Å². The number of aliphatic hydroxyl groups excluding tert-OH is 1. The number of allylic oxidation sites excluding steroid dienone is 2. The van der Waals surface area contributed by atoms with Gasteiger partial charge in [-0.3, -0.25) is 0 Å². The van der Waals surface area contributed by atoms with Crippen molar-refractivity contribution in [3.05, 3.63) is 36.5 Å².